The predicted octanol–water partition coefficient (Wildman–Crippen LogP) is 8.48. The van der Waals surface area contributed by atoms with E-state index in [1.165, 1.54) is 83.5 Å². The van der Waals surface area contributed by atoms with Crippen molar-refractivity contribution in [1.82, 2.24) is 0 Å². The highest BCUT2D eigenvalue weighted by Gasteiger charge is 2.10. The second-order valence-electron chi connectivity index (χ2n) is 8.62. The van der Waals surface area contributed by atoms with E-state index >= 15 is 0 Å². The van der Waals surface area contributed by atoms with Crippen LogP contribution in [0.25, 0.3) is 0 Å². The quantitative estimate of drug-likeness (QED) is 0.155. The van der Waals surface area contributed by atoms with E-state index in [1.54, 1.807) is 12.2 Å². The Kier molecular flexibility index (Phi) is 18.8. The molecule has 0 aromatic heterocycles. The third-order valence-electron chi connectivity index (χ3n) is 5.68. The lowest BCUT2D eigenvalue weighted by molar-refractivity contribution is 0.282. The first kappa shape index (κ1) is 28.7. The first-order valence-electron chi connectivity index (χ1n) is 13.0. The number of nitrogens with zero attached hydrogens (tertiary/aromatic N) is 2. The standard InChI is InChI=1S/C16H34O.C13H10N2O/c1-2-3-4-5-6-7-8-9-10-11-12-13-14-15-16-17;16-10-11-6-4-5-9-13(11)15-14-12-7-2-1-3-8-12/h17H,2-16H2,1H3;1-9,13H. The van der Waals surface area contributed by atoms with E-state index in [2.05, 4.69) is 17.2 Å². The van der Waals surface area contributed by atoms with Gasteiger partial charge in [0.25, 0.3) is 0 Å². The molecule has 0 heterocycles. The van der Waals surface area contributed by atoms with E-state index in [0.29, 0.717) is 12.2 Å². The summed E-state index contributed by atoms with van der Waals surface area (Å²) in [5.41, 5.74) is 1.28. The highest BCUT2D eigenvalue weighted by atomic mass is 16.2. The van der Waals surface area contributed by atoms with Crippen LogP contribution in [0.5, 0.6) is 0 Å². The Labute approximate surface area is 201 Å². The summed E-state index contributed by atoms with van der Waals surface area (Å²) < 4.78 is 0. The molecule has 33 heavy (non-hydrogen) atoms. The van der Waals surface area contributed by atoms with Gasteiger partial charge in [0.2, 0.25) is 0 Å². The Hall–Kier alpha value is -2.29. The van der Waals surface area contributed by atoms with Gasteiger partial charge >= 0.3 is 0 Å². The van der Waals surface area contributed by atoms with Crippen LogP contribution in [0.4, 0.5) is 5.69 Å². The van der Waals surface area contributed by atoms with Gasteiger partial charge < -0.3 is 5.11 Å². The molecule has 182 valence electrons. The van der Waals surface area contributed by atoms with Gasteiger partial charge in [-0.2, -0.15) is 10.2 Å². The topological polar surface area (TPSA) is 62.0 Å². The molecule has 4 nitrogen and oxygen atoms in total. The zero-order valence-corrected chi connectivity index (χ0v) is 20.6. The van der Waals surface area contributed by atoms with E-state index in [9.17, 15) is 4.79 Å². The Morgan fingerprint density at radius 2 is 1.33 bits per heavy atom. The molecule has 1 atom stereocenters. The fourth-order valence-corrected chi connectivity index (χ4v) is 3.66. The van der Waals surface area contributed by atoms with Crippen molar-refractivity contribution in [2.24, 2.45) is 10.2 Å². The van der Waals surface area contributed by atoms with Gasteiger partial charge in [0.05, 0.1) is 11.3 Å². The van der Waals surface area contributed by atoms with Crippen LogP contribution in [0.3, 0.4) is 0 Å². The molecule has 0 aliphatic heterocycles. The van der Waals surface area contributed by atoms with Crippen LogP contribution in [0.2, 0.25) is 0 Å². The van der Waals surface area contributed by atoms with E-state index in [4.69, 9.17) is 5.11 Å². The summed E-state index contributed by atoms with van der Waals surface area (Å²) in [6.45, 7) is 2.65. The van der Waals surface area contributed by atoms with Crippen LogP contribution >= 0.6 is 0 Å². The molecule has 0 amide bonds. The molecule has 0 bridgehead atoms. The van der Waals surface area contributed by atoms with E-state index in [0.717, 1.165) is 12.1 Å². The molecular formula is C29H44N2O2. The zero-order chi connectivity index (χ0) is 23.8. The Bertz CT molecular complexity index is 704. The van der Waals surface area contributed by atoms with Crippen LogP contribution < -0.4 is 0 Å². The first-order chi connectivity index (χ1) is 16.3. The van der Waals surface area contributed by atoms with Crippen LogP contribution in [-0.2, 0) is 4.79 Å². The number of hydrogen-bond acceptors (Lipinski definition) is 4. The van der Waals surface area contributed by atoms with E-state index in [-0.39, 0.29) is 6.04 Å². The molecule has 4 heteroatoms. The van der Waals surface area contributed by atoms with Gasteiger partial charge in [-0.15, -0.1) is 0 Å². The third kappa shape index (κ3) is 16.0. The minimum absolute atomic E-state index is 0.317. The molecule has 0 saturated heterocycles. The molecule has 1 aromatic carbocycles. The van der Waals surface area contributed by atoms with Gasteiger partial charge in [0.1, 0.15) is 12.0 Å². The number of rotatable bonds is 16. The highest BCUT2D eigenvalue weighted by Crippen LogP contribution is 2.17. The summed E-state index contributed by atoms with van der Waals surface area (Å²) in [7, 11) is 0. The van der Waals surface area contributed by atoms with Crippen LogP contribution in [-0.4, -0.2) is 23.7 Å². The number of azo groups is 1. The molecule has 2 rings (SSSR count). The summed E-state index contributed by atoms with van der Waals surface area (Å²) >= 11 is 0. The molecule has 1 N–H and O–H groups in total. The number of allylic oxidation sites excluding steroid dienone is 2. The molecule has 0 spiro atoms. The summed E-state index contributed by atoms with van der Waals surface area (Å²) in [5, 5.41) is 16.8. The smallest absolute Gasteiger partial charge is 0.130 e. The van der Waals surface area contributed by atoms with Crippen molar-refractivity contribution in [3.8, 4) is 0 Å². The molecule has 0 fully saturated rings. The largest absolute Gasteiger partial charge is 0.396 e. The van der Waals surface area contributed by atoms with Gasteiger partial charge in [-0.3, -0.25) is 0 Å². The maximum atomic E-state index is 10.6. The summed E-state index contributed by atoms with van der Waals surface area (Å²) in [4.78, 5) is 10.6. The van der Waals surface area contributed by atoms with Gasteiger partial charge in [0, 0.05) is 6.61 Å². The summed E-state index contributed by atoms with van der Waals surface area (Å²) in [6.07, 6.45) is 26.3. The lowest BCUT2D eigenvalue weighted by atomic mass is 10.0. The van der Waals surface area contributed by atoms with Gasteiger partial charge in [-0.25, -0.2) is 4.79 Å². The minimum Gasteiger partial charge on any atom is -0.396 e. The lowest BCUT2D eigenvalue weighted by Gasteiger charge is -2.06. The second-order valence-corrected chi connectivity index (χ2v) is 8.62. The van der Waals surface area contributed by atoms with Gasteiger partial charge in [-0.1, -0.05) is 127 Å². The van der Waals surface area contributed by atoms with Gasteiger partial charge in [0.15, 0.2) is 0 Å². The number of hydrogen-bond donors (Lipinski definition) is 1. The van der Waals surface area contributed by atoms with E-state index < -0.39 is 0 Å². The molecule has 1 unspecified atom stereocenters. The molecule has 1 aliphatic carbocycles. The average molecular weight is 453 g/mol. The fourth-order valence-electron chi connectivity index (χ4n) is 3.66. The van der Waals surface area contributed by atoms with Crippen molar-refractivity contribution in [3.05, 3.63) is 60.2 Å². The molecular weight excluding hydrogens is 408 g/mol. The number of benzene rings is 1. The highest BCUT2D eigenvalue weighted by molar-refractivity contribution is 5.62. The Morgan fingerprint density at radius 1 is 0.788 bits per heavy atom. The normalized spacial score (nSPS) is 14.8. The predicted molar refractivity (Wildman–Crippen MR) is 140 cm³/mol. The molecule has 0 saturated carbocycles. The molecule has 1 aliphatic rings. The van der Waals surface area contributed by atoms with Crippen molar-refractivity contribution in [1.29, 1.82) is 0 Å². The van der Waals surface area contributed by atoms with E-state index in [1.807, 2.05) is 48.4 Å². The third-order valence-corrected chi connectivity index (χ3v) is 5.68. The Morgan fingerprint density at radius 3 is 1.85 bits per heavy atom. The maximum absolute atomic E-state index is 10.6. The van der Waals surface area contributed by atoms with Crippen molar-refractivity contribution in [3.63, 3.8) is 0 Å². The van der Waals surface area contributed by atoms with Crippen LogP contribution in [0, 0.1) is 0 Å². The van der Waals surface area contributed by atoms with Crippen molar-refractivity contribution < 1.29 is 9.90 Å². The monoisotopic (exact) mass is 452 g/mol. The molecule has 1 aromatic rings. The Balaban J connectivity index is 0.000000330. The molecule has 0 radical (unpaired) electrons. The van der Waals surface area contributed by atoms with Crippen molar-refractivity contribution >= 4 is 11.6 Å². The fraction of sp³-hybridized carbons (Fsp3) is 0.586. The lowest BCUT2D eigenvalue weighted by Crippen LogP contribution is -2.04. The number of aliphatic hydroxyl groups is 1. The summed E-state index contributed by atoms with van der Waals surface area (Å²) in [6, 6.07) is 9.09. The number of aliphatic hydroxyl groups excluding tert-OH is 1. The van der Waals surface area contributed by atoms with Gasteiger partial charge in [-0.05, 0) is 24.6 Å². The van der Waals surface area contributed by atoms with Crippen molar-refractivity contribution in [2.75, 3.05) is 6.61 Å². The first-order valence-corrected chi connectivity index (χ1v) is 13.0. The second kappa shape index (κ2) is 21.6. The number of carbonyl (C=O) groups excluding carboxylic acids is 1. The SMILES string of the molecule is CCCCCCCCCCCCCCCCO.O=C=C1C=CC=CC1N=Nc1ccccc1. The number of unbranched alkanes of at least 4 members (excludes halogenated alkanes) is 13. The maximum Gasteiger partial charge on any atom is 0.130 e. The summed E-state index contributed by atoms with van der Waals surface area (Å²) in [5.74, 6) is 1.87. The average Bonchev–Trinajstić information content (AvgIpc) is 2.87. The minimum atomic E-state index is -0.317. The van der Waals surface area contributed by atoms with Crippen LogP contribution in [0.1, 0.15) is 96.8 Å². The zero-order valence-electron chi connectivity index (χ0n) is 20.6. The van der Waals surface area contributed by atoms with Crippen LogP contribution in [0.15, 0.2) is 70.4 Å². The van der Waals surface area contributed by atoms with Crippen molar-refractivity contribution in [2.45, 2.75) is 103 Å².